The minimum atomic E-state index is 0. The van der Waals surface area contributed by atoms with Crippen molar-refractivity contribution >= 4 is 11.6 Å². The molecule has 0 fully saturated rings. The molecule has 0 aromatic rings. The van der Waals surface area contributed by atoms with Crippen molar-refractivity contribution in [2.24, 2.45) is 0 Å². The molecule has 0 spiro atoms. The Hall–Kier alpha value is 0.500. The molecule has 0 aliphatic heterocycles. The molecule has 0 aliphatic carbocycles. The van der Waals surface area contributed by atoms with Gasteiger partial charge in [0.25, 0.3) is 0 Å². The first-order valence-corrected chi connectivity index (χ1v) is 5.17. The van der Waals surface area contributed by atoms with Gasteiger partial charge in [-0.25, -0.2) is 0 Å². The molecule has 13 heavy (non-hydrogen) atoms. The number of quaternary nitrogens is 1. The Morgan fingerprint density at radius 1 is 1.31 bits per heavy atom. The molecule has 0 bridgehead atoms. The van der Waals surface area contributed by atoms with E-state index in [1.54, 1.807) is 0 Å². The fraction of sp³-hybridized carbons (Fsp3) is 1.00. The van der Waals surface area contributed by atoms with E-state index in [2.05, 4.69) is 13.8 Å². The highest BCUT2D eigenvalue weighted by molar-refractivity contribution is 6.19. The number of aliphatic hydroxyl groups is 1. The van der Waals surface area contributed by atoms with E-state index in [1.807, 2.05) is 6.92 Å². The topological polar surface area (TPSA) is 20.2 Å². The molecule has 1 N–H and O–H groups in total. The van der Waals surface area contributed by atoms with Gasteiger partial charge in [-0.1, -0.05) is 11.6 Å². The van der Waals surface area contributed by atoms with Crippen LogP contribution in [0.2, 0.25) is 0 Å². The first-order chi connectivity index (χ1) is 5.63. The Labute approximate surface area is 92.9 Å². The van der Waals surface area contributed by atoms with Crippen LogP contribution in [0.1, 0.15) is 27.2 Å². The molecule has 0 rings (SSSR count). The summed E-state index contributed by atoms with van der Waals surface area (Å²) in [6.07, 6.45) is 0.846. The van der Waals surface area contributed by atoms with Crippen molar-refractivity contribution in [3.05, 3.63) is 0 Å². The van der Waals surface area contributed by atoms with Crippen LogP contribution in [0, 0.1) is 0 Å². The number of nitrogens with zero attached hydrogens (tertiary/aromatic N) is 1. The molecule has 0 amide bonds. The summed E-state index contributed by atoms with van der Waals surface area (Å²) in [5.41, 5.74) is 0.145. The van der Waals surface area contributed by atoms with Crippen LogP contribution in [0.15, 0.2) is 0 Å². The third-order valence-corrected chi connectivity index (χ3v) is 3.19. The highest BCUT2D eigenvalue weighted by Crippen LogP contribution is 2.17. The molecule has 0 aromatic carbocycles. The molecular weight excluding hydrogens is 209 g/mol. The number of aliphatic hydroxyl groups excluding tert-OH is 1. The lowest BCUT2D eigenvalue weighted by molar-refractivity contribution is -0.934. The predicted molar refractivity (Wildman–Crippen MR) is 53.2 cm³/mol. The van der Waals surface area contributed by atoms with Crippen LogP contribution in [0.5, 0.6) is 0 Å². The number of rotatable bonds is 6. The molecular formula is C9H21Cl2NO. The molecule has 0 heterocycles. The first-order valence-electron chi connectivity index (χ1n) is 4.73. The predicted octanol–water partition coefficient (Wildman–Crippen LogP) is -1.19. The van der Waals surface area contributed by atoms with Gasteiger partial charge in [0.15, 0.2) is 5.50 Å². The van der Waals surface area contributed by atoms with Crippen LogP contribution in [-0.2, 0) is 0 Å². The summed E-state index contributed by atoms with van der Waals surface area (Å²) in [7, 11) is 0. The fourth-order valence-electron chi connectivity index (χ4n) is 1.61. The molecule has 4 heteroatoms. The van der Waals surface area contributed by atoms with Crippen LogP contribution in [0.25, 0.3) is 0 Å². The molecule has 0 saturated heterocycles. The SMILES string of the molecule is CC[N+](CC)(CCCO)C(C)Cl.[Cl-]. The summed E-state index contributed by atoms with van der Waals surface area (Å²) < 4.78 is 0.905. The van der Waals surface area contributed by atoms with Gasteiger partial charge in [-0.2, -0.15) is 0 Å². The van der Waals surface area contributed by atoms with Gasteiger partial charge in [0.2, 0.25) is 0 Å². The molecule has 82 valence electrons. The molecule has 0 saturated carbocycles. The standard InChI is InChI=1S/C9H21ClNO.ClH/c1-4-11(5-2,9(3)10)7-6-8-12;/h9,12H,4-8H2,1-3H3;1H/q+1;/p-1. The second kappa shape index (κ2) is 7.86. The smallest absolute Gasteiger partial charge is 0.162 e. The van der Waals surface area contributed by atoms with E-state index in [0.717, 1.165) is 30.5 Å². The number of halogens is 2. The minimum Gasteiger partial charge on any atom is -1.00 e. The Morgan fingerprint density at radius 3 is 2.00 bits per heavy atom. The average molecular weight is 230 g/mol. The van der Waals surface area contributed by atoms with Gasteiger partial charge in [0.1, 0.15) is 0 Å². The lowest BCUT2D eigenvalue weighted by atomic mass is 10.3. The second-order valence-corrected chi connectivity index (χ2v) is 3.86. The van der Waals surface area contributed by atoms with Gasteiger partial charge in [-0.15, -0.1) is 0 Å². The van der Waals surface area contributed by atoms with Gasteiger partial charge in [0.05, 0.1) is 19.6 Å². The Morgan fingerprint density at radius 2 is 1.77 bits per heavy atom. The molecule has 1 unspecified atom stereocenters. The zero-order valence-corrected chi connectivity index (χ0v) is 10.3. The normalized spacial score (nSPS) is 13.6. The van der Waals surface area contributed by atoms with Crippen molar-refractivity contribution in [1.29, 1.82) is 0 Å². The Balaban J connectivity index is 0. The van der Waals surface area contributed by atoms with Crippen LogP contribution in [-0.4, -0.2) is 41.3 Å². The zero-order chi connectivity index (χ0) is 9.61. The fourth-order valence-corrected chi connectivity index (χ4v) is 1.98. The van der Waals surface area contributed by atoms with Crippen molar-refractivity contribution in [1.82, 2.24) is 0 Å². The van der Waals surface area contributed by atoms with Crippen LogP contribution in [0.4, 0.5) is 0 Å². The second-order valence-electron chi connectivity index (χ2n) is 3.23. The van der Waals surface area contributed by atoms with E-state index in [0.29, 0.717) is 0 Å². The van der Waals surface area contributed by atoms with Crippen molar-refractivity contribution in [2.45, 2.75) is 32.7 Å². The van der Waals surface area contributed by atoms with Gasteiger partial charge in [-0.05, 0) is 13.8 Å². The maximum absolute atomic E-state index is 8.75. The lowest BCUT2D eigenvalue weighted by Gasteiger charge is -2.39. The van der Waals surface area contributed by atoms with E-state index < -0.39 is 0 Å². The van der Waals surface area contributed by atoms with Gasteiger partial charge in [0, 0.05) is 20.0 Å². The van der Waals surface area contributed by atoms with Crippen molar-refractivity contribution in [2.75, 3.05) is 26.2 Å². The van der Waals surface area contributed by atoms with E-state index in [9.17, 15) is 0 Å². The van der Waals surface area contributed by atoms with Crippen molar-refractivity contribution in [3.8, 4) is 0 Å². The first kappa shape index (κ1) is 15.9. The van der Waals surface area contributed by atoms with Crippen molar-refractivity contribution < 1.29 is 22.0 Å². The van der Waals surface area contributed by atoms with Crippen LogP contribution in [0.3, 0.4) is 0 Å². The highest BCUT2D eigenvalue weighted by atomic mass is 35.5. The molecule has 0 radical (unpaired) electrons. The molecule has 1 atom stereocenters. The zero-order valence-electron chi connectivity index (χ0n) is 8.76. The summed E-state index contributed by atoms with van der Waals surface area (Å²) in [5, 5.41) is 8.75. The largest absolute Gasteiger partial charge is 1.00 e. The average Bonchev–Trinajstić information content (AvgIpc) is 2.07. The highest BCUT2D eigenvalue weighted by Gasteiger charge is 2.27. The summed E-state index contributed by atoms with van der Waals surface area (Å²) in [6.45, 7) is 9.67. The van der Waals surface area contributed by atoms with E-state index in [4.69, 9.17) is 16.7 Å². The third-order valence-electron chi connectivity index (χ3n) is 2.78. The number of hydrogen-bond donors (Lipinski definition) is 1. The van der Waals surface area contributed by atoms with Crippen molar-refractivity contribution in [3.63, 3.8) is 0 Å². The Kier molecular flexibility index (Phi) is 9.65. The van der Waals surface area contributed by atoms with E-state index >= 15 is 0 Å². The van der Waals surface area contributed by atoms with Gasteiger partial charge >= 0.3 is 0 Å². The lowest BCUT2D eigenvalue weighted by Crippen LogP contribution is -3.00. The van der Waals surface area contributed by atoms with E-state index in [1.165, 1.54) is 0 Å². The molecule has 0 aromatic heterocycles. The van der Waals surface area contributed by atoms with E-state index in [-0.39, 0.29) is 24.5 Å². The number of alkyl halides is 1. The number of hydrogen-bond acceptors (Lipinski definition) is 1. The summed E-state index contributed by atoms with van der Waals surface area (Å²) in [5.74, 6) is 0. The molecule has 2 nitrogen and oxygen atoms in total. The van der Waals surface area contributed by atoms with Gasteiger partial charge in [-0.3, -0.25) is 0 Å². The minimum absolute atomic E-state index is 0. The van der Waals surface area contributed by atoms with Crippen LogP contribution >= 0.6 is 11.6 Å². The molecule has 0 aliphatic rings. The third kappa shape index (κ3) is 4.50. The summed E-state index contributed by atoms with van der Waals surface area (Å²) >= 11 is 6.13. The monoisotopic (exact) mass is 229 g/mol. The van der Waals surface area contributed by atoms with Gasteiger partial charge < -0.3 is 22.0 Å². The maximum atomic E-state index is 8.75. The quantitative estimate of drug-likeness (QED) is 0.346. The summed E-state index contributed by atoms with van der Waals surface area (Å²) in [4.78, 5) is 0. The van der Waals surface area contributed by atoms with Crippen LogP contribution < -0.4 is 12.4 Å². The Bertz CT molecular complexity index is 116. The maximum Gasteiger partial charge on any atom is 0.162 e. The summed E-state index contributed by atoms with van der Waals surface area (Å²) in [6, 6.07) is 0.